The van der Waals surface area contributed by atoms with E-state index in [2.05, 4.69) is 31.0 Å². The van der Waals surface area contributed by atoms with E-state index < -0.39 is 0 Å². The second kappa shape index (κ2) is 7.85. The molecule has 0 unspecified atom stereocenters. The van der Waals surface area contributed by atoms with Crippen molar-refractivity contribution in [2.75, 3.05) is 19.6 Å². The van der Waals surface area contributed by atoms with Crippen LogP contribution in [0.4, 0.5) is 0 Å². The van der Waals surface area contributed by atoms with Crippen LogP contribution in [0.2, 0.25) is 0 Å². The highest BCUT2D eigenvalue weighted by atomic mass is 16.2. The smallest absolute Gasteiger partial charge is 0.234 e. The Hall–Kier alpha value is -0.610. The molecule has 0 aromatic rings. The van der Waals surface area contributed by atoms with Gasteiger partial charge in [0.1, 0.15) is 0 Å². The molecule has 1 rings (SSSR count). The Balaban J connectivity index is 2.46. The molecule has 1 aliphatic carbocycles. The highest BCUT2D eigenvalue weighted by Crippen LogP contribution is 2.18. The topological polar surface area (TPSA) is 58.4 Å². The van der Waals surface area contributed by atoms with Gasteiger partial charge in [-0.1, -0.05) is 26.2 Å². The number of hydrogen-bond acceptors (Lipinski definition) is 3. The molecule has 4 heteroatoms. The molecule has 0 spiro atoms. The molecule has 112 valence electrons. The number of rotatable bonds is 7. The van der Waals surface area contributed by atoms with E-state index in [0.717, 1.165) is 25.8 Å². The van der Waals surface area contributed by atoms with Gasteiger partial charge in [0.25, 0.3) is 0 Å². The molecule has 0 aromatic carbocycles. The van der Waals surface area contributed by atoms with E-state index in [-0.39, 0.29) is 11.4 Å². The van der Waals surface area contributed by atoms with Crippen molar-refractivity contribution in [1.29, 1.82) is 0 Å². The Bertz CT molecular complexity index is 273. The van der Waals surface area contributed by atoms with Crippen molar-refractivity contribution in [2.45, 2.75) is 70.9 Å². The highest BCUT2D eigenvalue weighted by Gasteiger charge is 2.27. The zero-order valence-electron chi connectivity index (χ0n) is 12.9. The average Bonchev–Trinajstić information content (AvgIpc) is 2.39. The van der Waals surface area contributed by atoms with Crippen molar-refractivity contribution >= 4 is 5.91 Å². The first kappa shape index (κ1) is 16.4. The quantitative estimate of drug-likeness (QED) is 0.742. The van der Waals surface area contributed by atoms with Gasteiger partial charge in [-0.05, 0) is 39.7 Å². The molecule has 4 nitrogen and oxygen atoms in total. The summed E-state index contributed by atoms with van der Waals surface area (Å²) in [5, 5.41) is 3.18. The van der Waals surface area contributed by atoms with Gasteiger partial charge in [0.2, 0.25) is 5.91 Å². The molecule has 0 bridgehead atoms. The lowest BCUT2D eigenvalue weighted by Gasteiger charge is -2.37. The van der Waals surface area contributed by atoms with Gasteiger partial charge in [0, 0.05) is 18.1 Å². The first-order chi connectivity index (χ1) is 8.99. The first-order valence-electron chi connectivity index (χ1n) is 7.74. The number of carbonyl (C=O) groups is 1. The van der Waals surface area contributed by atoms with E-state index in [0.29, 0.717) is 19.1 Å². The standard InChI is InChI=1S/C15H31N3O/c1-4-10-18(15(2,3)12-16)11-14(19)17-13-8-6-5-7-9-13/h13H,4-12,16H2,1-3H3,(H,17,19). The van der Waals surface area contributed by atoms with Crippen molar-refractivity contribution in [2.24, 2.45) is 5.73 Å². The zero-order chi connectivity index (χ0) is 14.3. The second-order valence-electron chi connectivity index (χ2n) is 6.34. The van der Waals surface area contributed by atoms with E-state index in [1.54, 1.807) is 0 Å². The van der Waals surface area contributed by atoms with Crippen LogP contribution in [0, 0.1) is 0 Å². The van der Waals surface area contributed by atoms with Crippen molar-refractivity contribution in [1.82, 2.24) is 10.2 Å². The van der Waals surface area contributed by atoms with Gasteiger partial charge in [0.05, 0.1) is 6.54 Å². The number of nitrogens with one attached hydrogen (secondary N) is 1. The maximum atomic E-state index is 12.2. The third-order valence-electron chi connectivity index (χ3n) is 4.15. The van der Waals surface area contributed by atoms with Crippen LogP contribution >= 0.6 is 0 Å². The van der Waals surface area contributed by atoms with Crippen LogP contribution in [0.3, 0.4) is 0 Å². The van der Waals surface area contributed by atoms with Gasteiger partial charge >= 0.3 is 0 Å². The van der Waals surface area contributed by atoms with Gasteiger partial charge < -0.3 is 11.1 Å². The van der Waals surface area contributed by atoms with E-state index in [4.69, 9.17) is 5.73 Å². The van der Waals surface area contributed by atoms with Gasteiger partial charge in [-0.15, -0.1) is 0 Å². The molecular weight excluding hydrogens is 238 g/mol. The van der Waals surface area contributed by atoms with E-state index >= 15 is 0 Å². The number of carbonyl (C=O) groups excluding carboxylic acids is 1. The van der Waals surface area contributed by atoms with Crippen LogP contribution in [0.5, 0.6) is 0 Å². The fourth-order valence-corrected chi connectivity index (χ4v) is 2.69. The predicted octanol–water partition coefficient (Wildman–Crippen LogP) is 1.88. The number of amides is 1. The van der Waals surface area contributed by atoms with Crippen molar-refractivity contribution in [3.63, 3.8) is 0 Å². The SMILES string of the molecule is CCCN(CC(=O)NC1CCCCC1)C(C)(C)CN. The molecule has 3 N–H and O–H groups in total. The summed E-state index contributed by atoms with van der Waals surface area (Å²) in [6.07, 6.45) is 7.13. The van der Waals surface area contributed by atoms with Crippen molar-refractivity contribution in [3.8, 4) is 0 Å². The molecule has 1 aliphatic rings. The summed E-state index contributed by atoms with van der Waals surface area (Å²) in [6, 6.07) is 0.394. The third kappa shape index (κ3) is 5.49. The molecule has 0 heterocycles. The van der Waals surface area contributed by atoms with Gasteiger partial charge in [0.15, 0.2) is 0 Å². The monoisotopic (exact) mass is 269 g/mol. The van der Waals surface area contributed by atoms with Gasteiger partial charge in [-0.2, -0.15) is 0 Å². The normalized spacial score (nSPS) is 17.7. The maximum absolute atomic E-state index is 12.2. The zero-order valence-corrected chi connectivity index (χ0v) is 12.9. The lowest BCUT2D eigenvalue weighted by atomic mass is 9.95. The second-order valence-corrected chi connectivity index (χ2v) is 6.34. The van der Waals surface area contributed by atoms with Gasteiger partial charge in [-0.25, -0.2) is 0 Å². The fraction of sp³-hybridized carbons (Fsp3) is 0.933. The fourth-order valence-electron chi connectivity index (χ4n) is 2.69. The number of hydrogen-bond donors (Lipinski definition) is 2. The number of nitrogens with zero attached hydrogens (tertiary/aromatic N) is 1. The highest BCUT2D eigenvalue weighted by molar-refractivity contribution is 5.78. The van der Waals surface area contributed by atoms with E-state index in [9.17, 15) is 4.79 Å². The molecule has 1 fully saturated rings. The minimum atomic E-state index is -0.111. The Kier molecular flexibility index (Phi) is 6.80. The summed E-state index contributed by atoms with van der Waals surface area (Å²) in [5.41, 5.74) is 5.71. The van der Waals surface area contributed by atoms with Crippen molar-refractivity contribution in [3.05, 3.63) is 0 Å². The summed E-state index contributed by atoms with van der Waals surface area (Å²) >= 11 is 0. The van der Waals surface area contributed by atoms with Crippen LogP contribution in [0.1, 0.15) is 59.3 Å². The van der Waals surface area contributed by atoms with E-state index in [1.165, 1.54) is 19.3 Å². The number of nitrogens with two attached hydrogens (primary N) is 1. The maximum Gasteiger partial charge on any atom is 0.234 e. The van der Waals surface area contributed by atoms with Crippen molar-refractivity contribution < 1.29 is 4.79 Å². The molecule has 0 saturated heterocycles. The summed E-state index contributed by atoms with van der Waals surface area (Å²) in [4.78, 5) is 14.4. The lowest BCUT2D eigenvalue weighted by Crippen LogP contribution is -2.54. The van der Waals surface area contributed by atoms with Gasteiger partial charge in [-0.3, -0.25) is 9.69 Å². The Labute approximate surface area is 118 Å². The summed E-state index contributed by atoms with van der Waals surface area (Å²) in [5.74, 6) is 0.155. The predicted molar refractivity (Wildman–Crippen MR) is 80.0 cm³/mol. The van der Waals surface area contributed by atoms with Crippen LogP contribution in [0.15, 0.2) is 0 Å². The minimum absolute atomic E-state index is 0.111. The van der Waals surface area contributed by atoms with E-state index in [1.807, 2.05) is 0 Å². The largest absolute Gasteiger partial charge is 0.352 e. The Morgan fingerprint density at radius 3 is 2.47 bits per heavy atom. The van der Waals surface area contributed by atoms with Crippen LogP contribution in [-0.4, -0.2) is 42.0 Å². The molecule has 0 aromatic heterocycles. The molecule has 0 atom stereocenters. The molecule has 1 saturated carbocycles. The molecule has 19 heavy (non-hydrogen) atoms. The molecule has 1 amide bonds. The lowest BCUT2D eigenvalue weighted by molar-refractivity contribution is -0.124. The average molecular weight is 269 g/mol. The Morgan fingerprint density at radius 2 is 1.95 bits per heavy atom. The molecule has 0 radical (unpaired) electrons. The minimum Gasteiger partial charge on any atom is -0.352 e. The molecular formula is C15H31N3O. The summed E-state index contributed by atoms with van der Waals surface area (Å²) in [6.45, 7) is 8.31. The Morgan fingerprint density at radius 1 is 1.32 bits per heavy atom. The third-order valence-corrected chi connectivity index (χ3v) is 4.15. The van der Waals surface area contributed by atoms with Crippen LogP contribution in [0.25, 0.3) is 0 Å². The summed E-state index contributed by atoms with van der Waals surface area (Å²) < 4.78 is 0. The first-order valence-corrected chi connectivity index (χ1v) is 7.74. The van der Waals surface area contributed by atoms with Crippen LogP contribution in [-0.2, 0) is 4.79 Å². The van der Waals surface area contributed by atoms with Crippen LogP contribution < -0.4 is 11.1 Å². The molecule has 0 aliphatic heterocycles. The summed E-state index contributed by atoms with van der Waals surface area (Å²) in [7, 11) is 0.